The molecule has 2 aromatic heterocycles. The molecule has 0 spiro atoms. The number of hydrogen-bond donors (Lipinski definition) is 3. The zero-order valence-corrected chi connectivity index (χ0v) is 15.4. The first kappa shape index (κ1) is 18.3. The highest BCUT2D eigenvalue weighted by molar-refractivity contribution is 6.32. The fraction of sp³-hybridized carbons (Fsp3) is 0.294. The highest BCUT2D eigenvalue weighted by Gasteiger charge is 2.25. The van der Waals surface area contributed by atoms with Crippen molar-refractivity contribution in [1.82, 2.24) is 24.4 Å². The number of aromatic nitrogens is 4. The lowest BCUT2D eigenvalue weighted by atomic mass is 10.3. The molecular weight excluding hydrogens is 388 g/mol. The van der Waals surface area contributed by atoms with Crippen molar-refractivity contribution in [3.8, 4) is 5.69 Å². The van der Waals surface area contributed by atoms with E-state index in [-0.39, 0.29) is 11.2 Å². The van der Waals surface area contributed by atoms with Gasteiger partial charge in [-0.25, -0.2) is 4.79 Å². The average molecular weight is 405 g/mol. The van der Waals surface area contributed by atoms with Crippen molar-refractivity contribution < 1.29 is 9.90 Å². The number of carbonyl (C=O) groups is 1. The Morgan fingerprint density at radius 1 is 1.21 bits per heavy atom. The highest BCUT2D eigenvalue weighted by atomic mass is 35.5. The van der Waals surface area contributed by atoms with Gasteiger partial charge >= 0.3 is 11.7 Å². The Balaban J connectivity index is 2.09. The lowest BCUT2D eigenvalue weighted by Gasteiger charge is -2.28. The number of hydrogen-bond acceptors (Lipinski definition) is 6. The second-order valence-corrected chi connectivity index (χ2v) is 6.75. The minimum absolute atomic E-state index is 0.00426. The number of rotatable bonds is 4. The molecule has 1 fully saturated rings. The van der Waals surface area contributed by atoms with E-state index in [4.69, 9.17) is 11.6 Å². The van der Waals surface area contributed by atoms with Crippen LogP contribution in [0.3, 0.4) is 0 Å². The first-order valence-electron chi connectivity index (χ1n) is 8.65. The van der Waals surface area contributed by atoms with Gasteiger partial charge in [0.25, 0.3) is 5.56 Å². The van der Waals surface area contributed by atoms with E-state index < -0.39 is 23.8 Å². The van der Waals surface area contributed by atoms with Gasteiger partial charge in [-0.05, 0) is 12.1 Å². The predicted octanol–water partition coefficient (Wildman–Crippen LogP) is 0.0231. The smallest absolute Gasteiger partial charge is 0.330 e. The van der Waals surface area contributed by atoms with Crippen molar-refractivity contribution in [3.63, 3.8) is 0 Å². The highest BCUT2D eigenvalue weighted by Crippen LogP contribution is 2.29. The predicted molar refractivity (Wildman–Crippen MR) is 104 cm³/mol. The fourth-order valence-electron chi connectivity index (χ4n) is 3.33. The molecule has 0 bridgehead atoms. The van der Waals surface area contributed by atoms with Crippen LogP contribution in [0.4, 0.5) is 5.95 Å². The van der Waals surface area contributed by atoms with Gasteiger partial charge in [0.15, 0.2) is 11.2 Å². The summed E-state index contributed by atoms with van der Waals surface area (Å²) in [5, 5.41) is 12.8. The molecule has 1 saturated heterocycles. The molecule has 11 heteroatoms. The van der Waals surface area contributed by atoms with Gasteiger partial charge in [0, 0.05) is 26.2 Å². The monoisotopic (exact) mass is 404 g/mol. The Morgan fingerprint density at radius 3 is 2.61 bits per heavy atom. The molecular formula is C17H17ClN6O4. The van der Waals surface area contributed by atoms with Crippen molar-refractivity contribution in [2.24, 2.45) is 0 Å². The van der Waals surface area contributed by atoms with Crippen molar-refractivity contribution in [2.45, 2.75) is 6.54 Å². The standard InChI is InChI=1S/C17H17ClN6O4/c18-10-3-1-2-4-11(10)24-13-14(20-16(24)22-7-5-19-6-8-22)23(9-12(25)26)17(28)21-15(13)27/h1-4,19H,5-9H2,(H,25,26)(H,21,27,28). The number of halogens is 1. The van der Waals surface area contributed by atoms with E-state index in [9.17, 15) is 19.5 Å². The van der Waals surface area contributed by atoms with Gasteiger partial charge < -0.3 is 15.3 Å². The zero-order chi connectivity index (χ0) is 19.8. The third-order valence-electron chi connectivity index (χ3n) is 4.56. The molecule has 28 heavy (non-hydrogen) atoms. The van der Waals surface area contributed by atoms with Crippen LogP contribution in [0.5, 0.6) is 0 Å². The van der Waals surface area contributed by atoms with E-state index in [0.717, 1.165) is 17.7 Å². The normalized spacial score (nSPS) is 14.5. The maximum absolute atomic E-state index is 12.7. The summed E-state index contributed by atoms with van der Waals surface area (Å²) in [5.41, 5.74) is -0.885. The van der Waals surface area contributed by atoms with Crippen LogP contribution in [0.25, 0.3) is 16.9 Å². The Hall–Kier alpha value is -3.11. The van der Waals surface area contributed by atoms with Crippen molar-refractivity contribution in [3.05, 3.63) is 50.1 Å². The molecule has 10 nitrogen and oxygen atoms in total. The Kier molecular flexibility index (Phi) is 4.65. The number of nitrogens with one attached hydrogen (secondary N) is 2. The molecule has 146 valence electrons. The van der Waals surface area contributed by atoms with Gasteiger partial charge in [-0.1, -0.05) is 23.7 Å². The largest absolute Gasteiger partial charge is 0.480 e. The summed E-state index contributed by atoms with van der Waals surface area (Å²) in [5.74, 6) is -0.786. The quantitative estimate of drug-likeness (QED) is 0.559. The van der Waals surface area contributed by atoms with E-state index in [1.165, 1.54) is 0 Å². The molecule has 0 saturated carbocycles. The molecule has 0 radical (unpaired) electrons. The minimum Gasteiger partial charge on any atom is -0.480 e. The maximum Gasteiger partial charge on any atom is 0.330 e. The molecule has 4 rings (SSSR count). The van der Waals surface area contributed by atoms with Crippen LogP contribution in [-0.4, -0.2) is 56.4 Å². The van der Waals surface area contributed by atoms with Crippen molar-refractivity contribution in [2.75, 3.05) is 31.1 Å². The molecule has 0 amide bonds. The molecule has 3 N–H and O–H groups in total. The summed E-state index contributed by atoms with van der Waals surface area (Å²) in [4.78, 5) is 44.8. The molecule has 0 unspecified atom stereocenters. The van der Waals surface area contributed by atoms with Crippen LogP contribution < -0.4 is 21.5 Å². The fourth-order valence-corrected chi connectivity index (χ4v) is 3.55. The summed E-state index contributed by atoms with van der Waals surface area (Å²) >= 11 is 6.38. The molecule has 1 aliphatic heterocycles. The van der Waals surface area contributed by atoms with Gasteiger partial charge in [0.2, 0.25) is 5.95 Å². The number of carboxylic acid groups (broad SMARTS) is 1. The lowest BCUT2D eigenvalue weighted by molar-refractivity contribution is -0.137. The minimum atomic E-state index is -1.22. The number of H-pyrrole nitrogens is 1. The Labute approximate surface area is 163 Å². The number of benzene rings is 1. The Morgan fingerprint density at radius 2 is 1.93 bits per heavy atom. The van der Waals surface area contributed by atoms with E-state index in [2.05, 4.69) is 15.3 Å². The molecule has 1 aromatic carbocycles. The molecule has 0 aliphatic carbocycles. The third-order valence-corrected chi connectivity index (χ3v) is 4.88. The lowest BCUT2D eigenvalue weighted by Crippen LogP contribution is -2.44. The van der Waals surface area contributed by atoms with Gasteiger partial charge in [-0.15, -0.1) is 0 Å². The van der Waals surface area contributed by atoms with E-state index in [1.54, 1.807) is 28.8 Å². The SMILES string of the molecule is O=C(O)Cn1c(=O)[nH]c(=O)c2c1nc(N1CCNCC1)n2-c1ccccc1Cl. The first-order chi connectivity index (χ1) is 13.5. The summed E-state index contributed by atoms with van der Waals surface area (Å²) in [6, 6.07) is 6.96. The second kappa shape index (κ2) is 7.13. The third kappa shape index (κ3) is 3.06. The van der Waals surface area contributed by atoms with E-state index >= 15 is 0 Å². The molecule has 1 aliphatic rings. The average Bonchev–Trinajstić information content (AvgIpc) is 3.07. The van der Waals surface area contributed by atoms with Gasteiger partial charge in [0.1, 0.15) is 6.54 Å². The van der Waals surface area contributed by atoms with Crippen LogP contribution in [0, 0.1) is 0 Å². The first-order valence-corrected chi connectivity index (χ1v) is 9.03. The topological polar surface area (TPSA) is 125 Å². The van der Waals surface area contributed by atoms with Crippen LogP contribution in [0.1, 0.15) is 0 Å². The summed E-state index contributed by atoms with van der Waals surface area (Å²) in [6.07, 6.45) is 0. The van der Waals surface area contributed by atoms with Gasteiger partial charge in [0.05, 0.1) is 10.7 Å². The summed E-state index contributed by atoms with van der Waals surface area (Å²) in [7, 11) is 0. The molecule has 0 atom stereocenters. The Bertz CT molecular complexity index is 1170. The number of imidazole rings is 1. The number of anilines is 1. The van der Waals surface area contributed by atoms with E-state index in [1.807, 2.05) is 4.90 Å². The van der Waals surface area contributed by atoms with Crippen molar-refractivity contribution in [1.29, 1.82) is 0 Å². The van der Waals surface area contributed by atoms with Crippen LogP contribution in [0.2, 0.25) is 5.02 Å². The van der Waals surface area contributed by atoms with Crippen LogP contribution in [-0.2, 0) is 11.3 Å². The number of nitrogens with zero attached hydrogens (tertiary/aromatic N) is 4. The summed E-state index contributed by atoms with van der Waals surface area (Å²) in [6.45, 7) is 2.10. The van der Waals surface area contributed by atoms with Crippen molar-refractivity contribution >= 4 is 34.7 Å². The second-order valence-electron chi connectivity index (χ2n) is 6.35. The number of piperazine rings is 1. The van der Waals surface area contributed by atoms with E-state index in [0.29, 0.717) is 29.7 Å². The molecule has 3 heterocycles. The maximum atomic E-state index is 12.7. The number of para-hydroxylation sites is 1. The molecule has 3 aromatic rings. The summed E-state index contributed by atoms with van der Waals surface area (Å²) < 4.78 is 2.53. The number of fused-ring (bicyclic) bond motifs is 1. The van der Waals surface area contributed by atoms with Crippen LogP contribution in [0.15, 0.2) is 33.9 Å². The van der Waals surface area contributed by atoms with Gasteiger partial charge in [-0.3, -0.25) is 23.7 Å². The van der Waals surface area contributed by atoms with Gasteiger partial charge in [-0.2, -0.15) is 4.98 Å². The number of aliphatic carboxylic acids is 1. The number of carboxylic acids is 1. The zero-order valence-electron chi connectivity index (χ0n) is 14.7. The van der Waals surface area contributed by atoms with Crippen LogP contribution >= 0.6 is 11.6 Å². The number of aromatic amines is 1.